The molecular weight excluding hydrogens is 334 g/mol. The maximum absolute atomic E-state index is 12.7. The third-order valence-electron chi connectivity index (χ3n) is 4.09. The molecule has 2 heterocycles. The average Bonchev–Trinajstić information content (AvgIpc) is 3.26. The number of nitrogens with zero attached hydrogens (tertiary/aromatic N) is 3. The third-order valence-corrected chi connectivity index (χ3v) is 4.09. The van der Waals surface area contributed by atoms with Gasteiger partial charge >= 0.3 is 5.97 Å². The van der Waals surface area contributed by atoms with Gasteiger partial charge in [-0.2, -0.15) is 0 Å². The van der Waals surface area contributed by atoms with E-state index in [1.165, 1.54) is 12.1 Å². The molecule has 7 heteroatoms. The van der Waals surface area contributed by atoms with Crippen LogP contribution in [-0.2, 0) is 4.84 Å². The first kappa shape index (κ1) is 15.8. The minimum absolute atomic E-state index is 0.212. The van der Waals surface area contributed by atoms with E-state index in [4.69, 9.17) is 4.84 Å². The molecule has 2 amide bonds. The van der Waals surface area contributed by atoms with Crippen LogP contribution in [0.4, 0.5) is 0 Å². The van der Waals surface area contributed by atoms with Crippen molar-refractivity contribution in [2.45, 2.75) is 6.92 Å². The fourth-order valence-electron chi connectivity index (χ4n) is 2.82. The number of aryl methyl sites for hydroxylation is 1. The van der Waals surface area contributed by atoms with Crippen LogP contribution in [0.5, 0.6) is 0 Å². The number of hydroxylamine groups is 2. The fraction of sp³-hybridized carbons (Fsp3) is 0.0526. The zero-order valence-electron chi connectivity index (χ0n) is 13.7. The van der Waals surface area contributed by atoms with Crippen LogP contribution in [0.2, 0.25) is 0 Å². The third kappa shape index (κ3) is 2.46. The minimum Gasteiger partial charge on any atom is -0.324 e. The molecule has 0 aliphatic carbocycles. The second-order valence-corrected chi connectivity index (χ2v) is 5.82. The molecule has 1 aliphatic heterocycles. The summed E-state index contributed by atoms with van der Waals surface area (Å²) in [6.07, 6.45) is 4.81. The van der Waals surface area contributed by atoms with Gasteiger partial charge in [-0.05, 0) is 31.2 Å². The number of benzene rings is 2. The summed E-state index contributed by atoms with van der Waals surface area (Å²) in [4.78, 5) is 46.6. The van der Waals surface area contributed by atoms with E-state index in [9.17, 15) is 14.4 Å². The lowest BCUT2D eigenvalue weighted by Crippen LogP contribution is -2.33. The monoisotopic (exact) mass is 347 g/mol. The zero-order chi connectivity index (χ0) is 18.3. The van der Waals surface area contributed by atoms with Crippen molar-refractivity contribution >= 4 is 17.8 Å². The topological polar surface area (TPSA) is 81.5 Å². The van der Waals surface area contributed by atoms with E-state index >= 15 is 0 Å². The molecule has 0 unspecified atom stereocenters. The Bertz CT molecular complexity index is 1010. The first-order chi connectivity index (χ1) is 12.6. The van der Waals surface area contributed by atoms with Crippen molar-refractivity contribution in [2.75, 3.05) is 0 Å². The van der Waals surface area contributed by atoms with Crippen molar-refractivity contribution in [3.63, 3.8) is 0 Å². The van der Waals surface area contributed by atoms with Gasteiger partial charge in [0.25, 0.3) is 11.8 Å². The first-order valence-corrected chi connectivity index (χ1v) is 7.85. The van der Waals surface area contributed by atoms with Crippen molar-refractivity contribution in [1.29, 1.82) is 0 Å². The normalized spacial score (nSPS) is 13.0. The summed E-state index contributed by atoms with van der Waals surface area (Å²) in [5.74, 6) is -2.11. The molecule has 0 spiro atoms. The predicted molar refractivity (Wildman–Crippen MR) is 90.7 cm³/mol. The summed E-state index contributed by atoms with van der Waals surface area (Å²) in [5.41, 5.74) is 2.02. The molecule has 0 N–H and O–H groups in total. The van der Waals surface area contributed by atoms with Crippen molar-refractivity contribution in [3.8, 4) is 5.69 Å². The second-order valence-electron chi connectivity index (χ2n) is 5.82. The van der Waals surface area contributed by atoms with E-state index in [2.05, 4.69) is 4.98 Å². The van der Waals surface area contributed by atoms with Crippen LogP contribution in [0, 0.1) is 6.92 Å². The van der Waals surface area contributed by atoms with Gasteiger partial charge in [-0.25, -0.2) is 9.78 Å². The van der Waals surface area contributed by atoms with Gasteiger partial charge in [0.15, 0.2) is 0 Å². The standard InChI is InChI=1S/C19H13N3O4/c1-12-6-7-16(21-9-8-20-11-21)15(10-12)19(25)26-22-17(23)13-4-2-3-5-14(13)18(22)24/h2-11H,1H3. The Hall–Kier alpha value is -3.74. The average molecular weight is 347 g/mol. The minimum atomic E-state index is -0.799. The van der Waals surface area contributed by atoms with E-state index in [0.29, 0.717) is 10.8 Å². The molecule has 1 aromatic heterocycles. The van der Waals surface area contributed by atoms with Gasteiger partial charge in [0.1, 0.15) is 0 Å². The Morgan fingerprint density at radius 1 is 1.04 bits per heavy atom. The number of carbonyl (C=O) groups is 3. The van der Waals surface area contributed by atoms with Gasteiger partial charge in [0.2, 0.25) is 0 Å². The molecule has 2 aromatic carbocycles. The number of hydrogen-bond acceptors (Lipinski definition) is 5. The maximum atomic E-state index is 12.7. The highest BCUT2D eigenvalue weighted by Gasteiger charge is 2.39. The number of imidazole rings is 1. The van der Waals surface area contributed by atoms with E-state index in [1.807, 2.05) is 13.0 Å². The number of aromatic nitrogens is 2. The Morgan fingerprint density at radius 2 is 1.73 bits per heavy atom. The Morgan fingerprint density at radius 3 is 2.35 bits per heavy atom. The van der Waals surface area contributed by atoms with Crippen LogP contribution in [0.25, 0.3) is 5.69 Å². The maximum Gasteiger partial charge on any atom is 0.366 e. The largest absolute Gasteiger partial charge is 0.366 e. The van der Waals surface area contributed by atoms with E-state index in [1.54, 1.807) is 47.6 Å². The molecule has 0 saturated carbocycles. The zero-order valence-corrected chi connectivity index (χ0v) is 13.7. The summed E-state index contributed by atoms with van der Waals surface area (Å²) >= 11 is 0. The molecule has 4 rings (SSSR count). The number of carbonyl (C=O) groups excluding carboxylic acids is 3. The van der Waals surface area contributed by atoms with Crippen molar-refractivity contribution in [2.24, 2.45) is 0 Å². The molecule has 7 nitrogen and oxygen atoms in total. The Kier molecular flexibility index (Phi) is 3.62. The Labute approximate surface area is 148 Å². The van der Waals surface area contributed by atoms with Crippen LogP contribution >= 0.6 is 0 Å². The van der Waals surface area contributed by atoms with Gasteiger partial charge in [0.05, 0.1) is 28.7 Å². The Balaban J connectivity index is 1.67. The molecule has 0 fully saturated rings. The molecule has 0 bridgehead atoms. The lowest BCUT2D eigenvalue weighted by atomic mass is 10.1. The van der Waals surface area contributed by atoms with Crippen LogP contribution in [-0.4, -0.2) is 32.4 Å². The van der Waals surface area contributed by atoms with E-state index in [0.717, 1.165) is 5.56 Å². The number of rotatable bonds is 3. The number of amides is 2. The van der Waals surface area contributed by atoms with E-state index in [-0.39, 0.29) is 16.7 Å². The molecular formula is C19H13N3O4. The van der Waals surface area contributed by atoms with Crippen molar-refractivity contribution in [1.82, 2.24) is 14.6 Å². The highest BCUT2D eigenvalue weighted by molar-refractivity contribution is 6.21. The van der Waals surface area contributed by atoms with Gasteiger partial charge in [-0.3, -0.25) is 9.59 Å². The predicted octanol–water partition coefficient (Wildman–Crippen LogP) is 2.55. The van der Waals surface area contributed by atoms with Gasteiger partial charge in [-0.1, -0.05) is 28.8 Å². The van der Waals surface area contributed by atoms with Gasteiger partial charge < -0.3 is 9.40 Å². The number of hydrogen-bond donors (Lipinski definition) is 0. The molecule has 3 aromatic rings. The van der Waals surface area contributed by atoms with Crippen molar-refractivity contribution in [3.05, 3.63) is 83.4 Å². The molecule has 0 atom stereocenters. The summed E-state index contributed by atoms with van der Waals surface area (Å²) in [7, 11) is 0. The van der Waals surface area contributed by atoms with Crippen LogP contribution in [0.1, 0.15) is 36.6 Å². The van der Waals surface area contributed by atoms with Crippen LogP contribution in [0.15, 0.2) is 61.2 Å². The number of fused-ring (bicyclic) bond motifs is 1. The summed E-state index contributed by atoms with van der Waals surface area (Å²) in [6.45, 7) is 1.83. The lowest BCUT2D eigenvalue weighted by Gasteiger charge is -2.15. The highest BCUT2D eigenvalue weighted by atomic mass is 16.7. The van der Waals surface area contributed by atoms with Gasteiger partial charge in [-0.15, -0.1) is 0 Å². The van der Waals surface area contributed by atoms with E-state index < -0.39 is 17.8 Å². The fourth-order valence-corrected chi connectivity index (χ4v) is 2.82. The number of imide groups is 1. The second kappa shape index (κ2) is 5.96. The summed E-state index contributed by atoms with van der Waals surface area (Å²) < 4.78 is 1.65. The summed E-state index contributed by atoms with van der Waals surface area (Å²) in [6, 6.07) is 11.6. The molecule has 26 heavy (non-hydrogen) atoms. The first-order valence-electron chi connectivity index (χ1n) is 7.85. The van der Waals surface area contributed by atoms with Crippen LogP contribution < -0.4 is 0 Å². The van der Waals surface area contributed by atoms with Crippen LogP contribution in [0.3, 0.4) is 0 Å². The highest BCUT2D eigenvalue weighted by Crippen LogP contribution is 2.24. The van der Waals surface area contributed by atoms with Gasteiger partial charge in [0, 0.05) is 12.4 Å². The molecule has 0 saturated heterocycles. The summed E-state index contributed by atoms with van der Waals surface area (Å²) in [5, 5.41) is 0.507. The quantitative estimate of drug-likeness (QED) is 0.680. The molecule has 1 aliphatic rings. The smallest absolute Gasteiger partial charge is 0.324 e. The molecule has 0 radical (unpaired) electrons. The lowest BCUT2D eigenvalue weighted by molar-refractivity contribution is -0.0584. The van der Waals surface area contributed by atoms with Crippen molar-refractivity contribution < 1.29 is 19.2 Å². The molecule has 128 valence electrons. The SMILES string of the molecule is Cc1ccc(-n2ccnc2)c(C(=O)ON2C(=O)c3ccccc3C2=O)c1.